The second-order valence-electron chi connectivity index (χ2n) is 7.31. The van der Waals surface area contributed by atoms with Gasteiger partial charge in [0.1, 0.15) is 5.75 Å². The Labute approximate surface area is 139 Å². The molecule has 1 N–H and O–H groups in total. The van der Waals surface area contributed by atoms with Crippen molar-refractivity contribution in [3.8, 4) is 5.75 Å². The maximum absolute atomic E-state index is 10.3. The van der Waals surface area contributed by atoms with E-state index < -0.39 is 5.60 Å². The van der Waals surface area contributed by atoms with E-state index in [1.165, 1.54) is 0 Å². The Hall–Kier alpha value is -1.10. The zero-order valence-corrected chi connectivity index (χ0v) is 14.2. The number of piperidine rings is 1. The lowest BCUT2D eigenvalue weighted by atomic mass is 9.78. The van der Waals surface area contributed by atoms with Crippen LogP contribution in [0.4, 0.5) is 0 Å². The smallest absolute Gasteiger partial charge is 0.119 e. The van der Waals surface area contributed by atoms with E-state index in [1.807, 2.05) is 37.3 Å². The molecular weight excluding hydrogens is 290 g/mol. The van der Waals surface area contributed by atoms with Gasteiger partial charge in [-0.15, -0.1) is 0 Å². The molecule has 1 atom stereocenters. The summed E-state index contributed by atoms with van der Waals surface area (Å²) in [6, 6.07) is 9.99. The predicted octanol–water partition coefficient (Wildman–Crippen LogP) is 2.85. The molecule has 1 unspecified atom stereocenters. The van der Waals surface area contributed by atoms with E-state index in [4.69, 9.17) is 9.47 Å². The van der Waals surface area contributed by atoms with Crippen LogP contribution in [-0.2, 0) is 4.74 Å². The summed E-state index contributed by atoms with van der Waals surface area (Å²) in [6.45, 7) is 6.58. The van der Waals surface area contributed by atoms with Crippen molar-refractivity contribution in [1.29, 1.82) is 0 Å². The van der Waals surface area contributed by atoms with E-state index in [0.29, 0.717) is 6.61 Å². The lowest BCUT2D eigenvalue weighted by Crippen LogP contribution is -2.53. The van der Waals surface area contributed by atoms with Crippen LogP contribution in [0.1, 0.15) is 39.0 Å². The van der Waals surface area contributed by atoms with E-state index >= 15 is 0 Å². The fourth-order valence-electron chi connectivity index (χ4n) is 3.82. The molecule has 4 heteroatoms. The molecule has 0 saturated carbocycles. The summed E-state index contributed by atoms with van der Waals surface area (Å²) in [6.07, 6.45) is 4.64. The summed E-state index contributed by atoms with van der Waals surface area (Å²) >= 11 is 0. The van der Waals surface area contributed by atoms with Crippen LogP contribution in [-0.4, -0.2) is 54.1 Å². The topological polar surface area (TPSA) is 41.9 Å². The zero-order valence-electron chi connectivity index (χ0n) is 14.2. The highest BCUT2D eigenvalue weighted by Gasteiger charge is 2.44. The average Bonchev–Trinajstić information content (AvgIpc) is 2.53. The molecule has 2 heterocycles. The van der Waals surface area contributed by atoms with E-state index in [0.717, 1.165) is 64.1 Å². The van der Waals surface area contributed by atoms with Crippen LogP contribution in [0.3, 0.4) is 0 Å². The standard InChI is InChI=1S/C19H29NO3/c1-18(21)10-15-23-19(16-18)8-12-20(13-9-19)11-5-14-22-17-6-3-2-4-7-17/h2-4,6-7,21H,5,8-16H2,1H3. The Morgan fingerprint density at radius 1 is 1.17 bits per heavy atom. The summed E-state index contributed by atoms with van der Waals surface area (Å²) in [5, 5.41) is 10.3. The SMILES string of the molecule is CC1(O)CCOC2(CCN(CCCOc3ccccc3)CC2)C1. The molecule has 2 fully saturated rings. The van der Waals surface area contributed by atoms with Gasteiger partial charge in [-0.25, -0.2) is 0 Å². The number of benzene rings is 1. The number of hydrogen-bond donors (Lipinski definition) is 1. The molecule has 2 aliphatic heterocycles. The summed E-state index contributed by atoms with van der Waals surface area (Å²) in [5.74, 6) is 0.947. The summed E-state index contributed by atoms with van der Waals surface area (Å²) in [4.78, 5) is 2.49. The van der Waals surface area contributed by atoms with Crippen LogP contribution in [0.2, 0.25) is 0 Å². The molecule has 2 saturated heterocycles. The number of rotatable bonds is 5. The molecule has 4 nitrogen and oxygen atoms in total. The molecule has 128 valence electrons. The summed E-state index contributed by atoms with van der Waals surface area (Å²) < 4.78 is 11.8. The third kappa shape index (κ3) is 4.69. The van der Waals surface area contributed by atoms with Gasteiger partial charge in [-0.2, -0.15) is 0 Å². The van der Waals surface area contributed by atoms with Gasteiger partial charge in [0.25, 0.3) is 0 Å². The summed E-state index contributed by atoms with van der Waals surface area (Å²) in [7, 11) is 0. The second-order valence-corrected chi connectivity index (χ2v) is 7.31. The lowest BCUT2D eigenvalue weighted by Gasteiger charge is -2.48. The van der Waals surface area contributed by atoms with E-state index in [1.54, 1.807) is 0 Å². The van der Waals surface area contributed by atoms with Crippen molar-refractivity contribution in [1.82, 2.24) is 4.90 Å². The number of para-hydroxylation sites is 1. The Kier molecular flexibility index (Phi) is 5.24. The van der Waals surface area contributed by atoms with E-state index in [2.05, 4.69) is 4.90 Å². The summed E-state index contributed by atoms with van der Waals surface area (Å²) in [5.41, 5.74) is -0.636. The van der Waals surface area contributed by atoms with Crippen molar-refractivity contribution in [2.24, 2.45) is 0 Å². The van der Waals surface area contributed by atoms with Crippen molar-refractivity contribution in [3.05, 3.63) is 30.3 Å². The molecule has 1 aromatic rings. The largest absolute Gasteiger partial charge is 0.494 e. The molecule has 2 aliphatic rings. The molecular formula is C19H29NO3. The van der Waals surface area contributed by atoms with Crippen LogP contribution < -0.4 is 4.74 Å². The minimum Gasteiger partial charge on any atom is -0.494 e. The van der Waals surface area contributed by atoms with Gasteiger partial charge in [0, 0.05) is 26.1 Å². The van der Waals surface area contributed by atoms with Gasteiger partial charge in [-0.3, -0.25) is 0 Å². The molecule has 1 spiro atoms. The second kappa shape index (κ2) is 7.20. The molecule has 0 radical (unpaired) electrons. The molecule has 23 heavy (non-hydrogen) atoms. The third-order valence-electron chi connectivity index (χ3n) is 5.15. The van der Waals surface area contributed by atoms with Crippen LogP contribution in [0.25, 0.3) is 0 Å². The van der Waals surface area contributed by atoms with Crippen LogP contribution >= 0.6 is 0 Å². The molecule has 3 rings (SSSR count). The van der Waals surface area contributed by atoms with E-state index in [9.17, 15) is 5.11 Å². The van der Waals surface area contributed by atoms with Gasteiger partial charge < -0.3 is 19.5 Å². The molecule has 0 aliphatic carbocycles. The third-order valence-corrected chi connectivity index (χ3v) is 5.15. The van der Waals surface area contributed by atoms with Gasteiger partial charge in [-0.05, 0) is 44.7 Å². The fourth-order valence-corrected chi connectivity index (χ4v) is 3.82. The van der Waals surface area contributed by atoms with Crippen LogP contribution in [0.5, 0.6) is 5.75 Å². The predicted molar refractivity (Wildman–Crippen MR) is 90.8 cm³/mol. The highest BCUT2D eigenvalue weighted by Crippen LogP contribution is 2.39. The monoisotopic (exact) mass is 319 g/mol. The van der Waals surface area contributed by atoms with Crippen LogP contribution in [0, 0.1) is 0 Å². The average molecular weight is 319 g/mol. The van der Waals surface area contributed by atoms with Crippen molar-refractivity contribution in [2.75, 3.05) is 32.8 Å². The van der Waals surface area contributed by atoms with Gasteiger partial charge in [0.15, 0.2) is 0 Å². The number of nitrogens with zero attached hydrogens (tertiary/aromatic N) is 1. The molecule has 1 aromatic carbocycles. The first-order valence-electron chi connectivity index (χ1n) is 8.84. The first kappa shape index (κ1) is 16.7. The normalized spacial score (nSPS) is 27.9. The number of aliphatic hydroxyl groups is 1. The van der Waals surface area contributed by atoms with Gasteiger partial charge in [0.2, 0.25) is 0 Å². The van der Waals surface area contributed by atoms with Crippen molar-refractivity contribution < 1.29 is 14.6 Å². The first-order valence-corrected chi connectivity index (χ1v) is 8.84. The highest BCUT2D eigenvalue weighted by molar-refractivity contribution is 5.20. The number of hydrogen-bond acceptors (Lipinski definition) is 4. The number of ether oxygens (including phenoxy) is 2. The molecule has 0 aromatic heterocycles. The maximum atomic E-state index is 10.3. The van der Waals surface area contributed by atoms with Crippen molar-refractivity contribution in [2.45, 2.75) is 50.2 Å². The molecule has 0 amide bonds. The zero-order chi connectivity index (χ0) is 16.2. The Bertz CT molecular complexity index is 481. The maximum Gasteiger partial charge on any atom is 0.119 e. The van der Waals surface area contributed by atoms with Gasteiger partial charge in [-0.1, -0.05) is 18.2 Å². The quantitative estimate of drug-likeness (QED) is 0.848. The Morgan fingerprint density at radius 3 is 2.61 bits per heavy atom. The minimum absolute atomic E-state index is 0.0845. The minimum atomic E-state index is -0.552. The van der Waals surface area contributed by atoms with Gasteiger partial charge in [0.05, 0.1) is 24.4 Å². The Morgan fingerprint density at radius 2 is 1.91 bits per heavy atom. The lowest BCUT2D eigenvalue weighted by molar-refractivity contribution is -0.172. The highest BCUT2D eigenvalue weighted by atomic mass is 16.5. The van der Waals surface area contributed by atoms with Crippen molar-refractivity contribution >= 4 is 0 Å². The number of likely N-dealkylation sites (tertiary alicyclic amines) is 1. The molecule has 0 bridgehead atoms. The van der Waals surface area contributed by atoms with E-state index in [-0.39, 0.29) is 5.60 Å². The first-order chi connectivity index (χ1) is 11.1. The van der Waals surface area contributed by atoms with Crippen LogP contribution in [0.15, 0.2) is 30.3 Å². The fraction of sp³-hybridized carbons (Fsp3) is 0.684. The van der Waals surface area contributed by atoms with Crippen molar-refractivity contribution in [3.63, 3.8) is 0 Å². The van der Waals surface area contributed by atoms with Gasteiger partial charge >= 0.3 is 0 Å². The Balaban J connectivity index is 1.36.